The molecule has 2 aromatic carbocycles. The van der Waals surface area contributed by atoms with Crippen LogP contribution >= 0.6 is 0 Å². The molecule has 4 rings (SSSR count). The van der Waals surface area contributed by atoms with Gasteiger partial charge in [0.25, 0.3) is 5.91 Å². The first-order valence-electron chi connectivity index (χ1n) is 11.2. The third kappa shape index (κ3) is 5.46. The molecule has 0 radical (unpaired) electrons. The van der Waals surface area contributed by atoms with Crippen LogP contribution in [0.25, 0.3) is 0 Å². The maximum absolute atomic E-state index is 12.6. The highest BCUT2D eigenvalue weighted by Gasteiger charge is 2.35. The summed E-state index contributed by atoms with van der Waals surface area (Å²) in [4.78, 5) is 40.9. The van der Waals surface area contributed by atoms with Crippen molar-refractivity contribution in [3.8, 4) is 5.75 Å². The number of anilines is 1. The number of carbonyl (C=O) groups excluding carboxylic acids is 3. The van der Waals surface area contributed by atoms with Gasteiger partial charge in [-0.25, -0.2) is 0 Å². The molecule has 2 aliphatic rings. The summed E-state index contributed by atoms with van der Waals surface area (Å²) in [7, 11) is 0. The number of hydrogen-bond donors (Lipinski definition) is 1. The molecule has 2 heterocycles. The average Bonchev–Trinajstić information content (AvgIpc) is 3.24. The van der Waals surface area contributed by atoms with Crippen LogP contribution in [0.2, 0.25) is 0 Å². The smallest absolute Gasteiger partial charge is 0.260 e. The molecule has 0 aliphatic carbocycles. The number of amides is 3. The SMILES string of the molecule is O=C(NCC1CCN(C(=O)COc2ccccc2)CC1)C1CC(=O)N(c2ccccc2)C1. The van der Waals surface area contributed by atoms with Gasteiger partial charge in [-0.05, 0) is 43.0 Å². The first-order valence-corrected chi connectivity index (χ1v) is 11.2. The molecule has 7 heteroatoms. The zero-order valence-electron chi connectivity index (χ0n) is 18.1. The first kappa shape index (κ1) is 21.9. The maximum Gasteiger partial charge on any atom is 0.260 e. The van der Waals surface area contributed by atoms with Crippen molar-refractivity contribution in [1.29, 1.82) is 0 Å². The second kappa shape index (κ2) is 10.3. The van der Waals surface area contributed by atoms with Gasteiger partial charge < -0.3 is 19.9 Å². The minimum atomic E-state index is -0.320. The molecule has 2 aliphatic heterocycles. The molecular formula is C25H29N3O4. The summed E-state index contributed by atoms with van der Waals surface area (Å²) < 4.78 is 5.55. The molecular weight excluding hydrogens is 406 g/mol. The van der Waals surface area contributed by atoms with Crippen molar-refractivity contribution in [3.63, 3.8) is 0 Å². The summed E-state index contributed by atoms with van der Waals surface area (Å²) in [5.41, 5.74) is 0.834. The summed E-state index contributed by atoms with van der Waals surface area (Å²) in [6, 6.07) is 18.8. The Hall–Kier alpha value is -3.35. The number of carbonyl (C=O) groups is 3. The molecule has 168 valence electrons. The van der Waals surface area contributed by atoms with Crippen LogP contribution in [0.3, 0.4) is 0 Å². The van der Waals surface area contributed by atoms with Gasteiger partial charge in [0.2, 0.25) is 11.8 Å². The molecule has 1 unspecified atom stereocenters. The third-order valence-corrected chi connectivity index (χ3v) is 6.20. The monoisotopic (exact) mass is 435 g/mol. The van der Waals surface area contributed by atoms with Gasteiger partial charge in [-0.3, -0.25) is 14.4 Å². The van der Waals surface area contributed by atoms with Gasteiger partial charge in [0.15, 0.2) is 6.61 Å². The summed E-state index contributed by atoms with van der Waals surface area (Å²) in [6.07, 6.45) is 1.93. The third-order valence-electron chi connectivity index (χ3n) is 6.20. The molecule has 0 bridgehead atoms. The molecule has 1 atom stereocenters. The van der Waals surface area contributed by atoms with Crippen LogP contribution in [0.4, 0.5) is 5.69 Å². The summed E-state index contributed by atoms with van der Waals surface area (Å²) in [6.45, 7) is 2.38. The fourth-order valence-corrected chi connectivity index (χ4v) is 4.27. The van der Waals surface area contributed by atoms with Crippen LogP contribution in [-0.4, -0.2) is 55.4 Å². The topological polar surface area (TPSA) is 79.0 Å². The largest absolute Gasteiger partial charge is 0.484 e. The van der Waals surface area contributed by atoms with E-state index in [4.69, 9.17) is 4.74 Å². The zero-order chi connectivity index (χ0) is 22.3. The fraction of sp³-hybridized carbons (Fsp3) is 0.400. The number of para-hydroxylation sites is 2. The molecule has 3 amide bonds. The number of rotatable bonds is 7. The zero-order valence-corrected chi connectivity index (χ0v) is 18.1. The Morgan fingerprint density at radius 1 is 0.969 bits per heavy atom. The maximum atomic E-state index is 12.6. The highest BCUT2D eigenvalue weighted by atomic mass is 16.5. The summed E-state index contributed by atoms with van der Waals surface area (Å²) >= 11 is 0. The molecule has 7 nitrogen and oxygen atoms in total. The summed E-state index contributed by atoms with van der Waals surface area (Å²) in [5, 5.41) is 3.03. The van der Waals surface area contributed by atoms with Gasteiger partial charge in [-0.2, -0.15) is 0 Å². The van der Waals surface area contributed by atoms with Crippen LogP contribution in [0.1, 0.15) is 19.3 Å². The van der Waals surface area contributed by atoms with E-state index < -0.39 is 0 Å². The molecule has 0 spiro atoms. The number of benzene rings is 2. The van der Waals surface area contributed by atoms with Crippen molar-refractivity contribution in [2.75, 3.05) is 37.7 Å². The lowest BCUT2D eigenvalue weighted by molar-refractivity contribution is -0.135. The van der Waals surface area contributed by atoms with Crippen molar-refractivity contribution >= 4 is 23.4 Å². The Balaban J connectivity index is 1.17. The van der Waals surface area contributed by atoms with Gasteiger partial charge in [0.1, 0.15) is 5.75 Å². The number of nitrogens with zero attached hydrogens (tertiary/aromatic N) is 2. The van der Waals surface area contributed by atoms with E-state index in [-0.39, 0.29) is 36.7 Å². The van der Waals surface area contributed by atoms with Crippen molar-refractivity contribution in [1.82, 2.24) is 10.2 Å². The van der Waals surface area contributed by atoms with E-state index in [1.807, 2.05) is 65.6 Å². The average molecular weight is 436 g/mol. The van der Waals surface area contributed by atoms with E-state index in [9.17, 15) is 14.4 Å². The van der Waals surface area contributed by atoms with Crippen molar-refractivity contribution in [3.05, 3.63) is 60.7 Å². The van der Waals surface area contributed by atoms with E-state index in [0.717, 1.165) is 18.5 Å². The number of nitrogens with one attached hydrogen (secondary N) is 1. The standard InChI is InChI=1S/C25H29N3O4/c29-23-15-20(17-28(23)21-7-3-1-4-8-21)25(31)26-16-19-11-13-27(14-12-19)24(30)18-32-22-9-5-2-6-10-22/h1-10,19-20H,11-18H2,(H,26,31). The van der Waals surface area contributed by atoms with Gasteiger partial charge in [0, 0.05) is 38.3 Å². The Bertz CT molecular complexity index is 927. The van der Waals surface area contributed by atoms with Crippen LogP contribution in [0.15, 0.2) is 60.7 Å². The molecule has 32 heavy (non-hydrogen) atoms. The van der Waals surface area contributed by atoms with Crippen LogP contribution in [-0.2, 0) is 14.4 Å². The van der Waals surface area contributed by atoms with E-state index >= 15 is 0 Å². The highest BCUT2D eigenvalue weighted by Crippen LogP contribution is 2.25. The minimum absolute atomic E-state index is 0.0122. The quantitative estimate of drug-likeness (QED) is 0.725. The van der Waals surface area contributed by atoms with E-state index in [1.165, 1.54) is 0 Å². The Morgan fingerprint density at radius 2 is 1.62 bits per heavy atom. The lowest BCUT2D eigenvalue weighted by atomic mass is 9.96. The van der Waals surface area contributed by atoms with Crippen LogP contribution in [0.5, 0.6) is 5.75 Å². The number of piperidine rings is 1. The fourth-order valence-electron chi connectivity index (χ4n) is 4.27. The van der Waals surface area contributed by atoms with Crippen LogP contribution < -0.4 is 15.0 Å². The Morgan fingerprint density at radius 3 is 2.31 bits per heavy atom. The molecule has 0 aromatic heterocycles. The lowest BCUT2D eigenvalue weighted by Gasteiger charge is -2.32. The predicted molar refractivity (Wildman–Crippen MR) is 121 cm³/mol. The Kier molecular flexibility index (Phi) is 7.04. The molecule has 2 fully saturated rings. The highest BCUT2D eigenvalue weighted by molar-refractivity contribution is 6.00. The lowest BCUT2D eigenvalue weighted by Crippen LogP contribution is -2.44. The number of hydrogen-bond acceptors (Lipinski definition) is 4. The number of ether oxygens (including phenoxy) is 1. The van der Waals surface area contributed by atoms with Gasteiger partial charge in [-0.1, -0.05) is 36.4 Å². The normalized spacial score (nSPS) is 19.1. The van der Waals surface area contributed by atoms with Crippen molar-refractivity contribution in [2.45, 2.75) is 19.3 Å². The second-order valence-corrected chi connectivity index (χ2v) is 8.41. The second-order valence-electron chi connectivity index (χ2n) is 8.41. The van der Waals surface area contributed by atoms with Crippen molar-refractivity contribution in [2.24, 2.45) is 11.8 Å². The molecule has 2 aromatic rings. The predicted octanol–water partition coefficient (Wildman–Crippen LogP) is 2.47. The van der Waals surface area contributed by atoms with E-state index in [1.54, 1.807) is 4.90 Å². The minimum Gasteiger partial charge on any atom is -0.484 e. The van der Waals surface area contributed by atoms with Gasteiger partial charge >= 0.3 is 0 Å². The van der Waals surface area contributed by atoms with Gasteiger partial charge in [-0.15, -0.1) is 0 Å². The molecule has 1 N–H and O–H groups in total. The van der Waals surface area contributed by atoms with Crippen LogP contribution in [0, 0.1) is 11.8 Å². The number of likely N-dealkylation sites (tertiary alicyclic amines) is 1. The Labute approximate surface area is 188 Å². The first-order chi connectivity index (χ1) is 15.6. The molecule has 2 saturated heterocycles. The van der Waals surface area contributed by atoms with Crippen molar-refractivity contribution < 1.29 is 19.1 Å². The summed E-state index contributed by atoms with van der Waals surface area (Å²) in [5.74, 6) is 0.615. The molecule has 0 saturated carbocycles. The van der Waals surface area contributed by atoms with E-state index in [0.29, 0.717) is 37.8 Å². The van der Waals surface area contributed by atoms with Gasteiger partial charge in [0.05, 0.1) is 5.92 Å². The van der Waals surface area contributed by atoms with E-state index in [2.05, 4.69) is 5.32 Å².